The van der Waals surface area contributed by atoms with Crippen molar-refractivity contribution in [3.63, 3.8) is 0 Å². The Hall–Kier alpha value is -2.95. The molecule has 2 heterocycles. The lowest BCUT2D eigenvalue weighted by Gasteiger charge is -2.50. The first kappa shape index (κ1) is 41.2. The molecule has 12 nitrogen and oxygen atoms in total. The molecule has 1 N–H and O–H groups in total. The average molecular weight is 710 g/mol. The van der Waals surface area contributed by atoms with Gasteiger partial charge in [0.05, 0.1) is 18.1 Å². The van der Waals surface area contributed by atoms with E-state index in [-0.39, 0.29) is 79.9 Å². The Balaban J connectivity index is 2.41. The molecule has 0 aromatic carbocycles. The summed E-state index contributed by atoms with van der Waals surface area (Å²) in [6.07, 6.45) is 1.66. The molecular weight excluding hydrogens is 651 g/mol. The molecule has 1 saturated heterocycles. The van der Waals surface area contributed by atoms with Gasteiger partial charge in [0.25, 0.3) is 0 Å². The molecule has 0 aromatic rings. The zero-order valence-corrected chi connectivity index (χ0v) is 33.1. The molecule has 48 heavy (non-hydrogen) atoms. The Kier molecular flexibility index (Phi) is 15.1. The number of carbonyl (C=O) groups is 4. The smallest absolute Gasteiger partial charge is 0.410 e. The number of amides is 3. The van der Waals surface area contributed by atoms with Gasteiger partial charge in [-0.3, -0.25) is 4.79 Å². The van der Waals surface area contributed by atoms with Gasteiger partial charge in [-0.25, -0.2) is 14.4 Å². The topological polar surface area (TPSA) is 135 Å². The van der Waals surface area contributed by atoms with E-state index in [0.717, 1.165) is 0 Å². The van der Waals surface area contributed by atoms with Crippen LogP contribution in [0.4, 0.5) is 9.59 Å². The monoisotopic (exact) mass is 709 g/mol. The minimum absolute atomic E-state index is 0.0155. The van der Waals surface area contributed by atoms with Gasteiger partial charge in [-0.2, -0.15) is 0 Å². The highest BCUT2D eigenvalue weighted by Gasteiger charge is 2.59. The van der Waals surface area contributed by atoms with Crippen molar-refractivity contribution in [3.05, 3.63) is 36.6 Å². The third-order valence-electron chi connectivity index (χ3n) is 8.63. The summed E-state index contributed by atoms with van der Waals surface area (Å²) < 4.78 is 23.2. The molecule has 272 valence electrons. The van der Waals surface area contributed by atoms with Crippen LogP contribution < -0.4 is 0 Å². The van der Waals surface area contributed by atoms with Crippen LogP contribution in [0.1, 0.15) is 48.0 Å². The third-order valence-corrected chi connectivity index (χ3v) is 10.4. The van der Waals surface area contributed by atoms with Gasteiger partial charge >= 0.3 is 18.2 Å². The van der Waals surface area contributed by atoms with Crippen molar-refractivity contribution >= 4 is 42.1 Å². The number of fused-ring (bicyclic) bond motifs is 1. The molecule has 0 radical (unpaired) electrons. The number of aliphatic carboxylic acids is 1. The quantitative estimate of drug-likeness (QED) is 0.120. The van der Waals surface area contributed by atoms with Crippen LogP contribution in [0.2, 0.25) is 26.2 Å². The second-order valence-corrected chi connectivity index (χ2v) is 20.1. The van der Waals surface area contributed by atoms with Gasteiger partial charge in [-0.1, -0.05) is 66.9 Å². The first-order valence-corrected chi connectivity index (χ1v) is 22.4. The second-order valence-electron chi connectivity index (χ2n) is 15.3. The maximum absolute atomic E-state index is 13.6. The van der Waals surface area contributed by atoms with Crippen molar-refractivity contribution in [3.8, 4) is 0 Å². The SMILES string of the molecule is C=CCOC(=O)N(CCN(CC(O[SiH](C)C)C(C)(C)C)C(=O)OCC=C)CC1=C(C(=O)O)N2C(=O)[C@@H]([C@@H](CO[SiH](C)C)C(C)(C)C)[C@H]2C1. The number of rotatable bonds is 18. The molecule has 0 spiro atoms. The molecule has 14 heteroatoms. The standard InChI is InChI=1S/C34H59N3O9Si2/c1-13-17-43-31(41)35(15-16-36(32(42)44-18-14-2)21-26(34(6,7)8)46-48(11)12)20-23-19-25-27(29(38)37(25)28(23)30(39)40)24(33(3,4)5)22-45-47(9)10/h13-14,24-27,47-48H,1-2,15-22H2,3-12H3,(H,39,40)/t24-,25-,26?,27+/m1/s1. The summed E-state index contributed by atoms with van der Waals surface area (Å²) in [6.45, 7) is 28.5. The van der Waals surface area contributed by atoms with E-state index >= 15 is 0 Å². The Labute approximate surface area is 290 Å². The molecule has 2 rings (SSSR count). The second kappa shape index (κ2) is 17.6. The molecule has 2 aliphatic heterocycles. The Morgan fingerprint density at radius 3 is 1.94 bits per heavy atom. The lowest BCUT2D eigenvalue weighted by Crippen LogP contribution is -2.63. The molecule has 0 saturated carbocycles. The molecule has 0 aromatic heterocycles. The highest BCUT2D eigenvalue weighted by atomic mass is 28.3. The summed E-state index contributed by atoms with van der Waals surface area (Å²) in [7, 11) is -2.84. The fraction of sp³-hybridized carbons (Fsp3) is 0.706. The number of β-lactam (4-membered cyclic amide) rings is 1. The molecule has 2 aliphatic rings. The van der Waals surface area contributed by atoms with Crippen LogP contribution in [0.3, 0.4) is 0 Å². The first-order chi connectivity index (χ1) is 22.2. The van der Waals surface area contributed by atoms with Gasteiger partial charge in [-0.15, -0.1) is 0 Å². The van der Waals surface area contributed by atoms with E-state index in [2.05, 4.69) is 60.1 Å². The summed E-state index contributed by atoms with van der Waals surface area (Å²) in [5.74, 6) is -1.97. The van der Waals surface area contributed by atoms with Gasteiger partial charge in [0.1, 0.15) is 18.9 Å². The highest BCUT2D eigenvalue weighted by molar-refractivity contribution is 6.48. The fourth-order valence-electron chi connectivity index (χ4n) is 6.06. The van der Waals surface area contributed by atoms with E-state index in [1.807, 2.05) is 20.8 Å². The van der Waals surface area contributed by atoms with Crippen LogP contribution in [-0.4, -0.2) is 120 Å². The lowest BCUT2D eigenvalue weighted by molar-refractivity contribution is -0.162. The first-order valence-electron chi connectivity index (χ1n) is 16.8. The zero-order valence-electron chi connectivity index (χ0n) is 30.7. The van der Waals surface area contributed by atoms with Crippen LogP contribution in [0, 0.1) is 22.7 Å². The Morgan fingerprint density at radius 2 is 1.48 bits per heavy atom. The number of carboxylic acids is 1. The number of hydrogen-bond donors (Lipinski definition) is 1. The van der Waals surface area contributed by atoms with Crippen molar-refractivity contribution < 1.29 is 42.6 Å². The predicted octanol–water partition coefficient (Wildman–Crippen LogP) is 4.88. The fourth-order valence-corrected chi connectivity index (χ4v) is 7.80. The van der Waals surface area contributed by atoms with Crippen LogP contribution in [0.15, 0.2) is 36.6 Å². The number of nitrogens with zero attached hydrogens (tertiary/aromatic N) is 3. The lowest BCUT2D eigenvalue weighted by atomic mass is 9.66. The predicted molar refractivity (Wildman–Crippen MR) is 191 cm³/mol. The molecular formula is C34H59N3O9Si2. The number of hydrogen-bond acceptors (Lipinski definition) is 8. The number of carbonyl (C=O) groups excluding carboxylic acids is 3. The Morgan fingerprint density at radius 1 is 0.938 bits per heavy atom. The van der Waals surface area contributed by atoms with Gasteiger partial charge in [0.15, 0.2) is 18.1 Å². The van der Waals surface area contributed by atoms with Crippen molar-refractivity contribution in [1.29, 1.82) is 0 Å². The number of ether oxygens (including phenoxy) is 2. The van der Waals surface area contributed by atoms with Crippen molar-refractivity contribution in [2.75, 3.05) is 46.0 Å². The average Bonchev–Trinajstić information content (AvgIpc) is 3.30. The van der Waals surface area contributed by atoms with Crippen LogP contribution in [0.25, 0.3) is 0 Å². The summed E-state index contributed by atoms with van der Waals surface area (Å²) >= 11 is 0. The van der Waals surface area contributed by atoms with Crippen LogP contribution in [-0.2, 0) is 27.9 Å². The normalized spacial score (nSPS) is 19.1. The molecule has 0 aliphatic carbocycles. The zero-order chi connectivity index (χ0) is 36.6. The van der Waals surface area contributed by atoms with Crippen molar-refractivity contribution in [2.45, 2.75) is 86.3 Å². The van der Waals surface area contributed by atoms with E-state index in [1.165, 1.54) is 26.9 Å². The van der Waals surface area contributed by atoms with E-state index < -0.39 is 42.2 Å². The molecule has 3 amide bonds. The van der Waals surface area contributed by atoms with E-state index in [1.54, 1.807) is 0 Å². The summed E-state index contributed by atoms with van der Waals surface area (Å²) in [4.78, 5) is 57.1. The highest BCUT2D eigenvalue weighted by Crippen LogP contribution is 2.49. The van der Waals surface area contributed by atoms with Crippen LogP contribution in [0.5, 0.6) is 0 Å². The summed E-state index contributed by atoms with van der Waals surface area (Å²) in [5, 5.41) is 10.3. The maximum Gasteiger partial charge on any atom is 0.410 e. The summed E-state index contributed by atoms with van der Waals surface area (Å²) in [5.41, 5.74) is -0.182. The van der Waals surface area contributed by atoms with Gasteiger partial charge in [0.2, 0.25) is 5.91 Å². The third kappa shape index (κ3) is 11.0. The van der Waals surface area contributed by atoms with E-state index in [0.29, 0.717) is 18.6 Å². The largest absolute Gasteiger partial charge is 0.477 e. The van der Waals surface area contributed by atoms with Crippen molar-refractivity contribution in [1.82, 2.24) is 14.7 Å². The van der Waals surface area contributed by atoms with Gasteiger partial charge < -0.3 is 38.1 Å². The molecule has 1 fully saturated rings. The van der Waals surface area contributed by atoms with E-state index in [9.17, 15) is 24.3 Å². The molecule has 1 unspecified atom stereocenters. The minimum Gasteiger partial charge on any atom is -0.477 e. The van der Waals surface area contributed by atoms with E-state index in [4.69, 9.17) is 18.3 Å². The summed E-state index contributed by atoms with van der Waals surface area (Å²) in [6, 6.07) is -0.346. The Bertz CT molecular complexity index is 1210. The minimum atomic E-state index is -1.48. The van der Waals surface area contributed by atoms with Gasteiger partial charge in [-0.05, 0) is 54.9 Å². The van der Waals surface area contributed by atoms with Crippen LogP contribution >= 0.6 is 0 Å². The molecule has 0 bridgehead atoms. The van der Waals surface area contributed by atoms with Gasteiger partial charge in [0, 0.05) is 32.8 Å². The van der Waals surface area contributed by atoms with Crippen molar-refractivity contribution in [2.24, 2.45) is 22.7 Å². The molecule has 4 atom stereocenters. The number of carboxylic acid groups (broad SMARTS) is 1. The maximum atomic E-state index is 13.6.